The van der Waals surface area contributed by atoms with Crippen molar-refractivity contribution in [2.24, 2.45) is 0 Å². The summed E-state index contributed by atoms with van der Waals surface area (Å²) in [5.74, 6) is -1.71. The van der Waals surface area contributed by atoms with Crippen LogP contribution in [0.25, 0.3) is 5.76 Å². The number of amides is 1. The molecule has 7 nitrogen and oxygen atoms in total. The maximum absolute atomic E-state index is 13.3. The number of hydrogen-bond donors (Lipinski definition) is 1. The van der Waals surface area contributed by atoms with Gasteiger partial charge in [-0.15, -0.1) is 0 Å². The van der Waals surface area contributed by atoms with E-state index in [-0.39, 0.29) is 5.57 Å². The highest BCUT2D eigenvalue weighted by molar-refractivity contribution is 6.46. The highest BCUT2D eigenvalue weighted by Gasteiger charge is 2.44. The van der Waals surface area contributed by atoms with Crippen LogP contribution in [0.5, 0.6) is 0 Å². The SMILES string of the molecule is Cc1ccc(C([O-])=C2C(=O)C(=O)N(CCC[NH+]3CCOCC3)C2c2cccnc2)cc1. The Balaban J connectivity index is 1.64. The van der Waals surface area contributed by atoms with Gasteiger partial charge in [-0.1, -0.05) is 41.7 Å². The van der Waals surface area contributed by atoms with Gasteiger partial charge >= 0.3 is 0 Å². The Labute approximate surface area is 182 Å². The van der Waals surface area contributed by atoms with Gasteiger partial charge in [0.05, 0.1) is 25.8 Å². The number of quaternary nitrogens is 1. The molecular weight excluding hydrogens is 394 g/mol. The van der Waals surface area contributed by atoms with Gasteiger partial charge in [-0.2, -0.15) is 0 Å². The zero-order chi connectivity index (χ0) is 21.8. The second-order valence-electron chi connectivity index (χ2n) is 8.09. The third-order valence-electron chi connectivity index (χ3n) is 5.97. The van der Waals surface area contributed by atoms with Crippen LogP contribution in [0.2, 0.25) is 0 Å². The molecule has 3 heterocycles. The second kappa shape index (κ2) is 9.41. The number of likely N-dealkylation sites (tertiary alicyclic amines) is 1. The minimum absolute atomic E-state index is 0.0144. The largest absolute Gasteiger partial charge is 0.872 e. The van der Waals surface area contributed by atoms with Gasteiger partial charge in [0.15, 0.2) is 0 Å². The number of ether oxygens (including phenoxy) is 1. The Morgan fingerprint density at radius 3 is 2.61 bits per heavy atom. The zero-order valence-electron chi connectivity index (χ0n) is 17.7. The standard InChI is InChI=1S/C24H27N3O4/c1-17-5-7-18(8-6-17)22(28)20-21(19-4-2-9-25-16-19)27(24(30)23(20)29)11-3-10-26-12-14-31-15-13-26/h2,4-9,16,21,28H,3,10-15H2,1H3. The first-order valence-electron chi connectivity index (χ1n) is 10.7. The number of aryl methyl sites for hydroxylation is 1. The first-order valence-corrected chi connectivity index (χ1v) is 10.7. The van der Waals surface area contributed by atoms with E-state index >= 15 is 0 Å². The van der Waals surface area contributed by atoms with Gasteiger partial charge in [-0.05, 0) is 24.1 Å². The average Bonchev–Trinajstić information content (AvgIpc) is 3.05. The van der Waals surface area contributed by atoms with E-state index in [4.69, 9.17) is 4.74 Å². The van der Waals surface area contributed by atoms with E-state index in [0.717, 1.165) is 44.8 Å². The Morgan fingerprint density at radius 1 is 1.19 bits per heavy atom. The van der Waals surface area contributed by atoms with Crippen LogP contribution in [-0.2, 0) is 14.3 Å². The van der Waals surface area contributed by atoms with Crippen molar-refractivity contribution in [2.45, 2.75) is 19.4 Å². The summed E-state index contributed by atoms with van der Waals surface area (Å²) < 4.78 is 5.40. The molecule has 2 aliphatic rings. The van der Waals surface area contributed by atoms with E-state index in [1.165, 1.54) is 4.90 Å². The minimum Gasteiger partial charge on any atom is -0.872 e. The van der Waals surface area contributed by atoms with Crippen LogP contribution in [-0.4, -0.2) is 61.0 Å². The smallest absolute Gasteiger partial charge is 0.295 e. The number of benzene rings is 1. The van der Waals surface area contributed by atoms with E-state index in [2.05, 4.69) is 4.98 Å². The molecule has 1 aromatic heterocycles. The Morgan fingerprint density at radius 2 is 1.94 bits per heavy atom. The number of nitrogens with zero attached hydrogens (tertiary/aromatic N) is 2. The number of hydrogen-bond acceptors (Lipinski definition) is 5. The molecule has 1 aromatic carbocycles. The highest BCUT2D eigenvalue weighted by atomic mass is 16.5. The maximum atomic E-state index is 13.3. The molecule has 0 spiro atoms. The fourth-order valence-corrected chi connectivity index (χ4v) is 4.26. The van der Waals surface area contributed by atoms with Crippen LogP contribution in [0, 0.1) is 6.92 Å². The molecule has 4 rings (SSSR count). The molecule has 2 aromatic rings. The van der Waals surface area contributed by atoms with Crippen molar-refractivity contribution < 1.29 is 24.3 Å². The number of ketones is 1. The summed E-state index contributed by atoms with van der Waals surface area (Å²) in [7, 11) is 0. The van der Waals surface area contributed by atoms with Crippen LogP contribution < -0.4 is 10.0 Å². The summed E-state index contributed by atoms with van der Waals surface area (Å²) in [5, 5.41) is 13.3. The van der Waals surface area contributed by atoms with Gasteiger partial charge < -0.3 is 19.6 Å². The van der Waals surface area contributed by atoms with E-state index in [0.29, 0.717) is 17.7 Å². The molecule has 7 heteroatoms. The van der Waals surface area contributed by atoms with Crippen molar-refractivity contribution >= 4 is 17.4 Å². The van der Waals surface area contributed by atoms with Gasteiger partial charge in [-0.25, -0.2) is 0 Å². The molecule has 0 bridgehead atoms. The van der Waals surface area contributed by atoms with Crippen molar-refractivity contribution in [1.29, 1.82) is 0 Å². The lowest BCUT2D eigenvalue weighted by molar-refractivity contribution is -0.908. The Kier molecular flexibility index (Phi) is 6.44. The molecule has 2 fully saturated rings. The van der Waals surface area contributed by atoms with E-state index < -0.39 is 23.5 Å². The predicted octanol–water partition coefficient (Wildman–Crippen LogP) is -0.0808. The van der Waals surface area contributed by atoms with Gasteiger partial charge in [0.2, 0.25) is 5.78 Å². The monoisotopic (exact) mass is 421 g/mol. The van der Waals surface area contributed by atoms with Crippen LogP contribution in [0.3, 0.4) is 0 Å². The highest BCUT2D eigenvalue weighted by Crippen LogP contribution is 2.38. The number of morpholine rings is 1. The van der Waals surface area contributed by atoms with Crippen LogP contribution in [0.15, 0.2) is 54.4 Å². The van der Waals surface area contributed by atoms with Gasteiger partial charge in [0.1, 0.15) is 13.1 Å². The molecule has 0 saturated carbocycles. The van der Waals surface area contributed by atoms with Crippen molar-refractivity contribution in [1.82, 2.24) is 9.88 Å². The van der Waals surface area contributed by atoms with Crippen LogP contribution in [0.1, 0.15) is 29.2 Å². The molecule has 0 aliphatic carbocycles. The summed E-state index contributed by atoms with van der Waals surface area (Å²) in [5.41, 5.74) is 2.12. The summed E-state index contributed by atoms with van der Waals surface area (Å²) in [6.45, 7) is 6.63. The summed E-state index contributed by atoms with van der Waals surface area (Å²) in [6.07, 6.45) is 4.01. The lowest BCUT2D eigenvalue weighted by Gasteiger charge is -2.28. The predicted molar refractivity (Wildman–Crippen MR) is 113 cm³/mol. The van der Waals surface area contributed by atoms with E-state index in [9.17, 15) is 14.7 Å². The number of rotatable bonds is 6. The molecule has 1 amide bonds. The lowest BCUT2D eigenvalue weighted by atomic mass is 9.96. The number of pyridine rings is 1. The van der Waals surface area contributed by atoms with E-state index in [1.807, 2.05) is 25.1 Å². The molecular formula is C24H27N3O4. The fourth-order valence-electron chi connectivity index (χ4n) is 4.26. The normalized spacial score (nSPS) is 21.6. The molecule has 162 valence electrons. The molecule has 1 unspecified atom stereocenters. The number of carbonyl (C=O) groups excluding carboxylic acids is 2. The van der Waals surface area contributed by atoms with Gasteiger partial charge in [-0.3, -0.25) is 14.6 Å². The molecule has 1 atom stereocenters. The van der Waals surface area contributed by atoms with Crippen LogP contribution in [0.4, 0.5) is 0 Å². The Hall–Kier alpha value is -3.03. The van der Waals surface area contributed by atoms with Crippen molar-refractivity contribution in [3.8, 4) is 0 Å². The van der Waals surface area contributed by atoms with Crippen molar-refractivity contribution in [3.05, 3.63) is 71.1 Å². The summed E-state index contributed by atoms with van der Waals surface area (Å²) >= 11 is 0. The topological polar surface area (TPSA) is 87.0 Å². The fraction of sp³-hybridized carbons (Fsp3) is 0.375. The first-order chi connectivity index (χ1) is 15.1. The molecule has 2 saturated heterocycles. The van der Waals surface area contributed by atoms with Crippen molar-refractivity contribution in [3.63, 3.8) is 0 Å². The van der Waals surface area contributed by atoms with Gasteiger partial charge in [0.25, 0.3) is 5.91 Å². The van der Waals surface area contributed by atoms with Gasteiger partial charge in [0, 0.05) is 30.9 Å². The maximum Gasteiger partial charge on any atom is 0.295 e. The number of Topliss-reactive ketones (excluding diaryl/α,β-unsaturated/α-hetero) is 1. The van der Waals surface area contributed by atoms with Crippen molar-refractivity contribution in [2.75, 3.05) is 39.4 Å². The molecule has 0 radical (unpaired) electrons. The molecule has 31 heavy (non-hydrogen) atoms. The number of nitrogens with one attached hydrogen (secondary N) is 1. The average molecular weight is 421 g/mol. The Bertz CT molecular complexity index is 966. The van der Waals surface area contributed by atoms with E-state index in [1.54, 1.807) is 35.5 Å². The van der Waals surface area contributed by atoms with Crippen LogP contribution >= 0.6 is 0 Å². The quantitative estimate of drug-likeness (QED) is 0.401. The number of aromatic nitrogens is 1. The molecule has 1 N–H and O–H groups in total. The second-order valence-corrected chi connectivity index (χ2v) is 8.09. The third-order valence-corrected chi connectivity index (χ3v) is 5.97. The minimum atomic E-state index is -0.710. The zero-order valence-corrected chi connectivity index (χ0v) is 17.7. The molecule has 2 aliphatic heterocycles. The summed E-state index contributed by atoms with van der Waals surface area (Å²) in [6, 6.07) is 9.93. The number of carbonyl (C=O) groups is 2. The third kappa shape index (κ3) is 4.52. The summed E-state index contributed by atoms with van der Waals surface area (Å²) in [4.78, 5) is 33.0. The first kappa shape index (κ1) is 21.2. The lowest BCUT2D eigenvalue weighted by Crippen LogP contribution is -3.14.